The summed E-state index contributed by atoms with van der Waals surface area (Å²) in [5, 5.41) is 0.433. The molecule has 108 valence electrons. The Morgan fingerprint density at radius 3 is 2.79 bits per heavy atom. The molecule has 0 aromatic carbocycles. The Hall–Kier alpha value is 0.340. The minimum Gasteiger partial charge on any atom is -0.304 e. The molecule has 4 nitrogen and oxygen atoms in total. The van der Waals surface area contributed by atoms with E-state index in [0.717, 1.165) is 30.7 Å². The lowest BCUT2D eigenvalue weighted by Crippen LogP contribution is -2.47. The number of thiophene rings is 1. The Bertz CT molecular complexity index is 542. The Balaban J connectivity index is 2.09. The molecule has 0 saturated carbocycles. The topological polar surface area (TPSA) is 49.4 Å². The van der Waals surface area contributed by atoms with Crippen LogP contribution in [0.3, 0.4) is 0 Å². The molecule has 0 radical (unpaired) electrons. The molecule has 1 saturated heterocycles. The molecule has 19 heavy (non-hydrogen) atoms. The van der Waals surface area contributed by atoms with Gasteiger partial charge in [0, 0.05) is 12.1 Å². The van der Waals surface area contributed by atoms with Crippen LogP contribution in [0.5, 0.6) is 0 Å². The number of nitrogens with zero attached hydrogens (tertiary/aromatic N) is 1. The summed E-state index contributed by atoms with van der Waals surface area (Å²) in [4.78, 5) is 2.24. The van der Waals surface area contributed by atoms with E-state index in [9.17, 15) is 8.42 Å². The van der Waals surface area contributed by atoms with Crippen molar-refractivity contribution in [3.8, 4) is 0 Å². The zero-order valence-corrected chi connectivity index (χ0v) is 14.7. The Kier molecular flexibility index (Phi) is 4.96. The zero-order valence-electron chi connectivity index (χ0n) is 10.7. The third kappa shape index (κ3) is 3.71. The van der Waals surface area contributed by atoms with Crippen LogP contribution in [0, 0.1) is 0 Å². The minimum atomic E-state index is -3.47. The average Bonchev–Trinajstić information content (AvgIpc) is 2.65. The number of hydrogen-bond donors (Lipinski definition) is 1. The van der Waals surface area contributed by atoms with Crippen LogP contribution in [0.1, 0.15) is 19.8 Å². The van der Waals surface area contributed by atoms with Gasteiger partial charge in [0.1, 0.15) is 4.21 Å². The fraction of sp³-hybridized carbons (Fsp3) is 0.636. The molecule has 0 spiro atoms. The number of rotatable bonds is 3. The SMILES string of the molecule is CC1CC(NS(=O)(=O)c2cc(Cl)c(Br)s2)CCN1C. The monoisotopic (exact) mass is 386 g/mol. The van der Waals surface area contributed by atoms with Gasteiger partial charge in [0.05, 0.1) is 8.81 Å². The fourth-order valence-electron chi connectivity index (χ4n) is 2.13. The second-order valence-electron chi connectivity index (χ2n) is 4.86. The smallest absolute Gasteiger partial charge is 0.250 e. The minimum absolute atomic E-state index is 0.00384. The predicted molar refractivity (Wildman–Crippen MR) is 82.5 cm³/mol. The standard InChI is InChI=1S/C11H16BrClN2O2S2/c1-7-5-8(3-4-15(7)2)14-19(16,17)10-6-9(13)11(12)18-10/h6-8,14H,3-5H2,1-2H3. The maximum absolute atomic E-state index is 12.3. The number of sulfonamides is 1. The van der Waals surface area contributed by atoms with E-state index in [1.54, 1.807) is 0 Å². The fourth-order valence-corrected chi connectivity index (χ4v) is 5.83. The molecule has 1 fully saturated rings. The van der Waals surface area contributed by atoms with Crippen LogP contribution in [-0.2, 0) is 10.0 Å². The summed E-state index contributed by atoms with van der Waals surface area (Å²) < 4.78 is 28.2. The van der Waals surface area contributed by atoms with Gasteiger partial charge in [-0.25, -0.2) is 13.1 Å². The van der Waals surface area contributed by atoms with Gasteiger partial charge in [-0.1, -0.05) is 11.6 Å². The van der Waals surface area contributed by atoms with Crippen molar-refractivity contribution < 1.29 is 8.42 Å². The van der Waals surface area contributed by atoms with Crippen LogP contribution >= 0.6 is 38.9 Å². The molecule has 8 heteroatoms. The summed E-state index contributed by atoms with van der Waals surface area (Å²) >= 11 is 10.3. The van der Waals surface area contributed by atoms with Crippen LogP contribution in [0.15, 0.2) is 14.1 Å². The lowest BCUT2D eigenvalue weighted by molar-refractivity contribution is 0.178. The van der Waals surface area contributed by atoms with Gasteiger partial charge >= 0.3 is 0 Å². The van der Waals surface area contributed by atoms with Crippen LogP contribution in [-0.4, -0.2) is 39.0 Å². The maximum Gasteiger partial charge on any atom is 0.250 e. The van der Waals surface area contributed by atoms with Crippen molar-refractivity contribution in [2.24, 2.45) is 0 Å². The molecule has 0 bridgehead atoms. The molecule has 0 aliphatic carbocycles. The molecular formula is C11H16BrClN2O2S2. The molecule has 1 N–H and O–H groups in total. The summed E-state index contributed by atoms with van der Waals surface area (Å²) in [7, 11) is -1.41. The lowest BCUT2D eigenvalue weighted by Gasteiger charge is -2.35. The number of halogens is 2. The molecule has 1 aromatic rings. The predicted octanol–water partition coefficient (Wildman–Crippen LogP) is 2.93. The number of hydrogen-bond acceptors (Lipinski definition) is 4. The van der Waals surface area contributed by atoms with Gasteiger partial charge in [0.2, 0.25) is 10.0 Å². The van der Waals surface area contributed by atoms with E-state index >= 15 is 0 Å². The summed E-state index contributed by atoms with van der Waals surface area (Å²) in [6.45, 7) is 3.02. The highest BCUT2D eigenvalue weighted by Crippen LogP contribution is 2.34. The van der Waals surface area contributed by atoms with Crippen LogP contribution in [0.2, 0.25) is 5.02 Å². The van der Waals surface area contributed by atoms with Gasteiger partial charge in [-0.05, 0) is 55.4 Å². The van der Waals surface area contributed by atoms with Crippen LogP contribution in [0.25, 0.3) is 0 Å². The Labute approximate surface area is 131 Å². The molecule has 1 aliphatic heterocycles. The first-order valence-corrected chi connectivity index (χ1v) is 9.44. The normalized spacial score (nSPS) is 25.7. The highest BCUT2D eigenvalue weighted by molar-refractivity contribution is 9.11. The van der Waals surface area contributed by atoms with Crippen molar-refractivity contribution >= 4 is 48.9 Å². The van der Waals surface area contributed by atoms with Crippen molar-refractivity contribution in [3.05, 3.63) is 14.9 Å². The highest BCUT2D eigenvalue weighted by Gasteiger charge is 2.28. The van der Waals surface area contributed by atoms with E-state index in [-0.39, 0.29) is 10.3 Å². The lowest BCUT2D eigenvalue weighted by atomic mass is 10.0. The summed E-state index contributed by atoms with van der Waals surface area (Å²) in [5.41, 5.74) is 0. The van der Waals surface area contributed by atoms with E-state index < -0.39 is 10.0 Å². The van der Waals surface area contributed by atoms with Gasteiger partial charge in [0.15, 0.2) is 0 Å². The molecule has 1 aliphatic rings. The highest BCUT2D eigenvalue weighted by atomic mass is 79.9. The summed E-state index contributed by atoms with van der Waals surface area (Å²) in [6, 6.07) is 1.87. The quantitative estimate of drug-likeness (QED) is 0.867. The van der Waals surface area contributed by atoms with Gasteiger partial charge in [-0.15, -0.1) is 11.3 Å². The van der Waals surface area contributed by atoms with E-state index in [2.05, 4.69) is 39.5 Å². The third-order valence-electron chi connectivity index (χ3n) is 3.42. The van der Waals surface area contributed by atoms with Crippen LogP contribution < -0.4 is 4.72 Å². The van der Waals surface area contributed by atoms with Crippen molar-refractivity contribution in [2.45, 2.75) is 36.1 Å². The van der Waals surface area contributed by atoms with Gasteiger partial charge < -0.3 is 4.90 Å². The molecule has 1 aromatic heterocycles. The van der Waals surface area contributed by atoms with E-state index in [0.29, 0.717) is 14.9 Å². The first-order chi connectivity index (χ1) is 8.79. The van der Waals surface area contributed by atoms with Gasteiger partial charge in [0.25, 0.3) is 0 Å². The first-order valence-electron chi connectivity index (χ1n) is 5.97. The second-order valence-corrected chi connectivity index (χ2v) is 9.58. The Morgan fingerprint density at radius 1 is 1.58 bits per heavy atom. The van der Waals surface area contributed by atoms with Crippen molar-refractivity contribution in [1.29, 1.82) is 0 Å². The number of nitrogens with one attached hydrogen (secondary N) is 1. The molecule has 2 rings (SSSR count). The summed E-state index contributed by atoms with van der Waals surface area (Å²) in [6.07, 6.45) is 1.66. The molecule has 2 heterocycles. The first kappa shape index (κ1) is 15.7. The van der Waals surface area contributed by atoms with E-state index in [4.69, 9.17) is 11.6 Å². The van der Waals surface area contributed by atoms with Gasteiger partial charge in [-0.3, -0.25) is 0 Å². The van der Waals surface area contributed by atoms with E-state index in [1.807, 2.05) is 0 Å². The van der Waals surface area contributed by atoms with Crippen molar-refractivity contribution in [2.75, 3.05) is 13.6 Å². The second kappa shape index (κ2) is 5.99. The molecular weight excluding hydrogens is 372 g/mol. The average molecular weight is 388 g/mol. The zero-order chi connectivity index (χ0) is 14.2. The van der Waals surface area contributed by atoms with Crippen molar-refractivity contribution in [1.82, 2.24) is 9.62 Å². The number of piperidine rings is 1. The molecule has 2 unspecified atom stereocenters. The maximum atomic E-state index is 12.3. The summed E-state index contributed by atoms with van der Waals surface area (Å²) in [5.74, 6) is 0. The van der Waals surface area contributed by atoms with Crippen molar-refractivity contribution in [3.63, 3.8) is 0 Å². The number of likely N-dealkylation sites (tertiary alicyclic amines) is 1. The van der Waals surface area contributed by atoms with Gasteiger partial charge in [-0.2, -0.15) is 0 Å². The van der Waals surface area contributed by atoms with Crippen LogP contribution in [0.4, 0.5) is 0 Å². The largest absolute Gasteiger partial charge is 0.304 e. The molecule has 2 atom stereocenters. The van der Waals surface area contributed by atoms with E-state index in [1.165, 1.54) is 6.07 Å². The third-order valence-corrected chi connectivity index (χ3v) is 7.89. The molecule has 0 amide bonds. The Morgan fingerprint density at radius 2 is 2.26 bits per heavy atom.